The van der Waals surface area contributed by atoms with Crippen LogP contribution in [0.15, 0.2) is 29.4 Å². The normalized spacial score (nSPS) is 17.8. The molecule has 0 radical (unpaired) electrons. The molecule has 0 bridgehead atoms. The van der Waals surface area contributed by atoms with E-state index in [2.05, 4.69) is 37.2 Å². The zero-order valence-electron chi connectivity index (χ0n) is 12.4. The molecular formula is C16H28N2. The molecule has 0 aromatic carbocycles. The monoisotopic (exact) mass is 248 g/mol. The largest absolute Gasteiger partial charge is 0.294 e. The van der Waals surface area contributed by atoms with E-state index in [0.29, 0.717) is 5.41 Å². The summed E-state index contributed by atoms with van der Waals surface area (Å²) in [7, 11) is 0. The molecule has 0 amide bonds. The molecule has 102 valence electrons. The van der Waals surface area contributed by atoms with Gasteiger partial charge in [-0.3, -0.25) is 9.89 Å². The van der Waals surface area contributed by atoms with Crippen LogP contribution in [0.25, 0.3) is 0 Å². The van der Waals surface area contributed by atoms with Crippen molar-refractivity contribution in [2.75, 3.05) is 13.1 Å². The van der Waals surface area contributed by atoms with Crippen molar-refractivity contribution in [2.45, 2.75) is 53.0 Å². The van der Waals surface area contributed by atoms with Crippen LogP contribution in [0.5, 0.6) is 0 Å². The highest BCUT2D eigenvalue weighted by Crippen LogP contribution is 2.28. The van der Waals surface area contributed by atoms with Crippen molar-refractivity contribution >= 4 is 6.21 Å². The van der Waals surface area contributed by atoms with E-state index in [4.69, 9.17) is 0 Å². The summed E-state index contributed by atoms with van der Waals surface area (Å²) in [4.78, 5) is 6.93. The minimum absolute atomic E-state index is 0.336. The lowest BCUT2D eigenvalue weighted by Crippen LogP contribution is -2.45. The lowest BCUT2D eigenvalue weighted by Gasteiger charge is -2.40. The third-order valence-corrected chi connectivity index (χ3v) is 3.19. The van der Waals surface area contributed by atoms with E-state index in [0.717, 1.165) is 24.8 Å². The molecule has 1 aliphatic carbocycles. The Morgan fingerprint density at radius 3 is 2.50 bits per heavy atom. The molecular weight excluding hydrogens is 220 g/mol. The van der Waals surface area contributed by atoms with Crippen LogP contribution in [0.1, 0.15) is 47.0 Å². The smallest absolute Gasteiger partial charge is 0.0472 e. The van der Waals surface area contributed by atoms with Gasteiger partial charge in [0.25, 0.3) is 0 Å². The minimum Gasteiger partial charge on any atom is -0.294 e. The van der Waals surface area contributed by atoms with Gasteiger partial charge in [0.15, 0.2) is 0 Å². The molecule has 0 saturated heterocycles. The molecule has 0 atom stereocenters. The molecule has 0 N–H and O–H groups in total. The predicted octanol–water partition coefficient (Wildman–Crippen LogP) is 4.05. The maximum absolute atomic E-state index is 4.38. The van der Waals surface area contributed by atoms with Crippen molar-refractivity contribution in [1.29, 1.82) is 0 Å². The Morgan fingerprint density at radius 2 is 2.06 bits per heavy atom. The molecule has 1 fully saturated rings. The van der Waals surface area contributed by atoms with Gasteiger partial charge >= 0.3 is 0 Å². The highest BCUT2D eigenvalue weighted by molar-refractivity contribution is 5.71. The number of aliphatic imine (C=N–C) groups is 1. The van der Waals surface area contributed by atoms with Crippen molar-refractivity contribution in [3.8, 4) is 0 Å². The average Bonchev–Trinajstić information content (AvgIpc) is 2.12. The maximum atomic E-state index is 4.38. The topological polar surface area (TPSA) is 15.6 Å². The maximum Gasteiger partial charge on any atom is 0.0472 e. The molecule has 0 aromatic heterocycles. The number of nitrogens with zero attached hydrogens (tertiary/aromatic N) is 2. The van der Waals surface area contributed by atoms with Gasteiger partial charge in [-0.15, -0.1) is 0 Å². The van der Waals surface area contributed by atoms with E-state index in [9.17, 15) is 0 Å². The fourth-order valence-electron chi connectivity index (χ4n) is 2.18. The average molecular weight is 248 g/mol. The summed E-state index contributed by atoms with van der Waals surface area (Å²) in [5, 5.41) is 0. The summed E-state index contributed by atoms with van der Waals surface area (Å²) >= 11 is 0. The second-order valence-corrected chi connectivity index (χ2v) is 6.42. The number of hydrogen-bond acceptors (Lipinski definition) is 2. The molecule has 0 aliphatic heterocycles. The summed E-state index contributed by atoms with van der Waals surface area (Å²) in [5.41, 5.74) is 1.30. The third-order valence-electron chi connectivity index (χ3n) is 3.19. The van der Waals surface area contributed by atoms with Gasteiger partial charge in [-0.1, -0.05) is 39.8 Å². The van der Waals surface area contributed by atoms with Crippen LogP contribution >= 0.6 is 0 Å². The number of allylic oxidation sites excluding steroid dienone is 2. The summed E-state index contributed by atoms with van der Waals surface area (Å²) in [6, 6.07) is 0.748. The van der Waals surface area contributed by atoms with Gasteiger partial charge in [0, 0.05) is 31.0 Å². The van der Waals surface area contributed by atoms with Crippen LogP contribution in [0.2, 0.25) is 0 Å². The van der Waals surface area contributed by atoms with Gasteiger partial charge in [0.1, 0.15) is 0 Å². The lowest BCUT2D eigenvalue weighted by molar-refractivity contribution is 0.0979. The first-order chi connectivity index (χ1) is 8.42. The van der Waals surface area contributed by atoms with Gasteiger partial charge in [-0.05, 0) is 31.3 Å². The zero-order chi connectivity index (χ0) is 13.6. The summed E-state index contributed by atoms with van der Waals surface area (Å²) in [6.45, 7) is 15.0. The Morgan fingerprint density at radius 1 is 1.39 bits per heavy atom. The second kappa shape index (κ2) is 6.89. The van der Waals surface area contributed by atoms with E-state index in [1.807, 2.05) is 25.3 Å². The Balaban J connectivity index is 2.52. The molecule has 0 aromatic rings. The SMILES string of the molecule is C=C(CN(CC(C)(C)C)C1CCC1)N=C/C=C\C. The number of rotatable bonds is 6. The highest BCUT2D eigenvalue weighted by atomic mass is 15.2. The first-order valence-electron chi connectivity index (χ1n) is 6.99. The summed E-state index contributed by atoms with van der Waals surface area (Å²) in [5.74, 6) is 0. The van der Waals surface area contributed by atoms with E-state index in [1.54, 1.807) is 0 Å². The highest BCUT2D eigenvalue weighted by Gasteiger charge is 2.28. The zero-order valence-corrected chi connectivity index (χ0v) is 12.4. The summed E-state index contributed by atoms with van der Waals surface area (Å²) < 4.78 is 0. The molecule has 2 heteroatoms. The molecule has 0 spiro atoms. The quantitative estimate of drug-likeness (QED) is 0.648. The fourth-order valence-corrected chi connectivity index (χ4v) is 2.18. The van der Waals surface area contributed by atoms with Crippen molar-refractivity contribution in [2.24, 2.45) is 10.4 Å². The van der Waals surface area contributed by atoms with Crippen LogP contribution in [-0.4, -0.2) is 30.2 Å². The second-order valence-electron chi connectivity index (χ2n) is 6.42. The van der Waals surface area contributed by atoms with Crippen LogP contribution in [0, 0.1) is 5.41 Å². The fraction of sp³-hybridized carbons (Fsp3) is 0.688. The van der Waals surface area contributed by atoms with E-state index in [1.165, 1.54) is 19.3 Å². The van der Waals surface area contributed by atoms with Gasteiger partial charge in [0.2, 0.25) is 0 Å². The first-order valence-corrected chi connectivity index (χ1v) is 6.99. The van der Waals surface area contributed by atoms with E-state index < -0.39 is 0 Å². The van der Waals surface area contributed by atoms with Crippen LogP contribution in [0.4, 0.5) is 0 Å². The first kappa shape index (κ1) is 15.2. The van der Waals surface area contributed by atoms with Crippen LogP contribution in [-0.2, 0) is 0 Å². The van der Waals surface area contributed by atoms with E-state index in [-0.39, 0.29) is 0 Å². The van der Waals surface area contributed by atoms with Crippen molar-refractivity contribution < 1.29 is 0 Å². The molecule has 2 nitrogen and oxygen atoms in total. The molecule has 0 unspecified atom stereocenters. The Kier molecular flexibility index (Phi) is 5.80. The van der Waals surface area contributed by atoms with Gasteiger partial charge < -0.3 is 0 Å². The Hall–Kier alpha value is -0.890. The van der Waals surface area contributed by atoms with Crippen molar-refractivity contribution in [3.05, 3.63) is 24.4 Å². The minimum atomic E-state index is 0.336. The lowest BCUT2D eigenvalue weighted by atomic mass is 9.88. The molecule has 1 saturated carbocycles. The van der Waals surface area contributed by atoms with Gasteiger partial charge in [-0.25, -0.2) is 0 Å². The van der Waals surface area contributed by atoms with Crippen LogP contribution < -0.4 is 0 Å². The van der Waals surface area contributed by atoms with E-state index >= 15 is 0 Å². The van der Waals surface area contributed by atoms with Crippen LogP contribution in [0.3, 0.4) is 0 Å². The molecule has 1 rings (SSSR count). The van der Waals surface area contributed by atoms with Gasteiger partial charge in [0.05, 0.1) is 0 Å². The van der Waals surface area contributed by atoms with Crippen molar-refractivity contribution in [1.82, 2.24) is 4.90 Å². The molecule has 18 heavy (non-hydrogen) atoms. The molecule has 1 aliphatic rings. The third kappa shape index (κ3) is 5.63. The Labute approximate surface area is 112 Å². The number of hydrogen-bond donors (Lipinski definition) is 0. The Bertz CT molecular complexity index is 316. The predicted molar refractivity (Wildman–Crippen MR) is 81.1 cm³/mol. The molecule has 0 heterocycles. The standard InChI is InChI=1S/C16H28N2/c1-6-7-11-17-14(2)12-18(13-16(3,4)5)15-9-8-10-15/h6-7,11,15H,2,8-10,12-13H2,1,3-5H3/b7-6-,17-11?. The van der Waals surface area contributed by atoms with Gasteiger partial charge in [-0.2, -0.15) is 0 Å². The van der Waals surface area contributed by atoms with Crippen molar-refractivity contribution in [3.63, 3.8) is 0 Å². The summed E-state index contributed by atoms with van der Waals surface area (Å²) in [6.07, 6.45) is 9.81.